The van der Waals surface area contributed by atoms with E-state index in [-0.39, 0.29) is 16.4 Å². The number of carbonyl (C=O) groups is 1. The summed E-state index contributed by atoms with van der Waals surface area (Å²) in [7, 11) is 0. The number of para-hydroxylation sites is 1. The lowest BCUT2D eigenvalue weighted by Crippen LogP contribution is -2.24. The second-order valence-electron chi connectivity index (χ2n) is 3.36. The quantitative estimate of drug-likeness (QED) is 0.834. The first-order valence-electron chi connectivity index (χ1n) is 4.78. The van der Waals surface area contributed by atoms with Gasteiger partial charge in [0.05, 0.1) is 16.4 Å². The molecule has 0 aromatic heterocycles. The molecule has 3 N–H and O–H groups in total. The number of ether oxygens (including phenoxy) is 1. The summed E-state index contributed by atoms with van der Waals surface area (Å²) in [5, 5.41) is 2.47. The normalized spacial score (nSPS) is 11.3. The van der Waals surface area contributed by atoms with E-state index >= 15 is 0 Å². The first-order valence-corrected chi connectivity index (χ1v) is 5.16. The van der Waals surface area contributed by atoms with Crippen molar-refractivity contribution in [3.63, 3.8) is 0 Å². The number of halogens is 4. The van der Waals surface area contributed by atoms with E-state index in [0.29, 0.717) is 0 Å². The fraction of sp³-hybridized carbons (Fsp3) is 0.300. The molecule has 0 unspecified atom stereocenters. The van der Waals surface area contributed by atoms with Gasteiger partial charge in [0.15, 0.2) is 0 Å². The predicted molar refractivity (Wildman–Crippen MR) is 61.4 cm³/mol. The van der Waals surface area contributed by atoms with E-state index < -0.39 is 25.3 Å². The molecule has 0 aliphatic carbocycles. The average molecular weight is 283 g/mol. The summed E-state index contributed by atoms with van der Waals surface area (Å²) in [5.41, 5.74) is 5.91. The van der Waals surface area contributed by atoms with E-state index in [9.17, 15) is 18.0 Å². The number of nitrogens with two attached hydrogens (primary N) is 1. The Morgan fingerprint density at radius 3 is 2.67 bits per heavy atom. The summed E-state index contributed by atoms with van der Waals surface area (Å²) in [5.74, 6) is -0.765. The lowest BCUT2D eigenvalue weighted by Gasteiger charge is -2.11. The van der Waals surface area contributed by atoms with Crippen LogP contribution in [0.15, 0.2) is 18.2 Å². The zero-order valence-electron chi connectivity index (χ0n) is 9.05. The third-order valence-corrected chi connectivity index (χ3v) is 2.12. The molecule has 0 aliphatic heterocycles. The van der Waals surface area contributed by atoms with Gasteiger partial charge in [-0.2, -0.15) is 13.2 Å². The molecule has 4 nitrogen and oxygen atoms in total. The number of anilines is 2. The average Bonchev–Trinajstić information content (AvgIpc) is 2.22. The Hall–Kier alpha value is -1.47. The third kappa shape index (κ3) is 4.80. The third-order valence-electron chi connectivity index (χ3n) is 1.81. The molecule has 1 aromatic carbocycles. The molecule has 18 heavy (non-hydrogen) atoms. The highest BCUT2D eigenvalue weighted by Gasteiger charge is 2.27. The SMILES string of the molecule is Nc1cccc(Cl)c1NC(=O)COCC(F)(F)F. The molecule has 0 heterocycles. The molecular formula is C10H10ClF3N2O2. The van der Waals surface area contributed by atoms with Gasteiger partial charge in [0.2, 0.25) is 5.91 Å². The first-order chi connectivity index (χ1) is 8.29. The molecule has 0 fully saturated rings. The second kappa shape index (κ2) is 5.92. The standard InChI is InChI=1S/C10H10ClF3N2O2/c11-6-2-1-3-7(15)9(6)16-8(17)4-18-5-10(12,13)14/h1-3H,4-5,15H2,(H,16,17). The fourth-order valence-electron chi connectivity index (χ4n) is 1.11. The van der Waals surface area contributed by atoms with Gasteiger partial charge in [-0.15, -0.1) is 0 Å². The molecule has 0 radical (unpaired) electrons. The van der Waals surface area contributed by atoms with Crippen LogP contribution in [0.2, 0.25) is 5.02 Å². The van der Waals surface area contributed by atoms with E-state index in [1.54, 1.807) is 6.07 Å². The van der Waals surface area contributed by atoms with Crippen molar-refractivity contribution in [1.82, 2.24) is 0 Å². The summed E-state index contributed by atoms with van der Waals surface area (Å²) in [6.07, 6.45) is -4.47. The van der Waals surface area contributed by atoms with Gasteiger partial charge in [-0.1, -0.05) is 17.7 Å². The number of rotatable bonds is 4. The van der Waals surface area contributed by atoms with Crippen LogP contribution < -0.4 is 11.1 Å². The van der Waals surface area contributed by atoms with Crippen LogP contribution in [0.25, 0.3) is 0 Å². The molecule has 100 valence electrons. The molecule has 1 aromatic rings. The number of hydrogen-bond donors (Lipinski definition) is 2. The van der Waals surface area contributed by atoms with Crippen molar-refractivity contribution in [1.29, 1.82) is 0 Å². The lowest BCUT2D eigenvalue weighted by atomic mass is 10.2. The van der Waals surface area contributed by atoms with Crippen molar-refractivity contribution in [2.24, 2.45) is 0 Å². The van der Waals surface area contributed by atoms with Gasteiger partial charge in [0.25, 0.3) is 0 Å². The van der Waals surface area contributed by atoms with Gasteiger partial charge in [-0.3, -0.25) is 4.79 Å². The van der Waals surface area contributed by atoms with Gasteiger partial charge < -0.3 is 15.8 Å². The summed E-state index contributed by atoms with van der Waals surface area (Å²) in [6, 6.07) is 4.57. The van der Waals surface area contributed by atoms with E-state index in [1.807, 2.05) is 0 Å². The van der Waals surface area contributed by atoms with Crippen molar-refractivity contribution in [3.05, 3.63) is 23.2 Å². The van der Waals surface area contributed by atoms with Crippen LogP contribution in [0.4, 0.5) is 24.5 Å². The molecule has 0 saturated carbocycles. The number of amides is 1. The van der Waals surface area contributed by atoms with Crippen LogP contribution in [0.3, 0.4) is 0 Å². The van der Waals surface area contributed by atoms with E-state index in [0.717, 1.165) is 0 Å². The maximum absolute atomic E-state index is 11.8. The largest absolute Gasteiger partial charge is 0.411 e. The van der Waals surface area contributed by atoms with Crippen LogP contribution in [0.1, 0.15) is 0 Å². The Kier molecular flexibility index (Phi) is 4.80. The monoisotopic (exact) mass is 282 g/mol. The number of benzene rings is 1. The molecule has 0 spiro atoms. The van der Waals surface area contributed by atoms with Crippen molar-refractivity contribution < 1.29 is 22.7 Å². The van der Waals surface area contributed by atoms with Crippen molar-refractivity contribution in [3.8, 4) is 0 Å². The highest BCUT2D eigenvalue weighted by molar-refractivity contribution is 6.34. The fourth-order valence-corrected chi connectivity index (χ4v) is 1.34. The molecule has 8 heteroatoms. The number of nitrogens with one attached hydrogen (secondary N) is 1. The van der Waals surface area contributed by atoms with Gasteiger partial charge in [0.1, 0.15) is 13.2 Å². The van der Waals surface area contributed by atoms with E-state index in [2.05, 4.69) is 10.1 Å². The highest BCUT2D eigenvalue weighted by atomic mass is 35.5. The first kappa shape index (κ1) is 14.6. The number of carbonyl (C=O) groups excluding carboxylic acids is 1. The minimum atomic E-state index is -4.47. The van der Waals surface area contributed by atoms with E-state index in [1.165, 1.54) is 12.1 Å². The predicted octanol–water partition coefficient (Wildman–Crippen LogP) is 2.44. The molecule has 0 saturated heterocycles. The summed E-state index contributed by atoms with van der Waals surface area (Å²) >= 11 is 5.76. The number of hydrogen-bond acceptors (Lipinski definition) is 3. The van der Waals surface area contributed by atoms with Crippen LogP contribution >= 0.6 is 11.6 Å². The van der Waals surface area contributed by atoms with Crippen molar-refractivity contribution in [2.75, 3.05) is 24.3 Å². The Morgan fingerprint density at radius 2 is 2.11 bits per heavy atom. The molecule has 0 bridgehead atoms. The Bertz CT molecular complexity index is 417. The van der Waals surface area contributed by atoms with Gasteiger partial charge in [-0.05, 0) is 12.1 Å². The lowest BCUT2D eigenvalue weighted by molar-refractivity contribution is -0.174. The smallest absolute Gasteiger partial charge is 0.397 e. The van der Waals surface area contributed by atoms with Crippen LogP contribution in [-0.2, 0) is 9.53 Å². The minimum Gasteiger partial charge on any atom is -0.397 e. The maximum Gasteiger partial charge on any atom is 0.411 e. The molecule has 0 aliphatic rings. The Morgan fingerprint density at radius 1 is 1.44 bits per heavy atom. The van der Waals surface area contributed by atoms with Gasteiger partial charge in [-0.25, -0.2) is 0 Å². The zero-order valence-corrected chi connectivity index (χ0v) is 9.81. The van der Waals surface area contributed by atoms with Crippen molar-refractivity contribution >= 4 is 28.9 Å². The molecule has 0 atom stereocenters. The maximum atomic E-state index is 11.8. The summed E-state index contributed by atoms with van der Waals surface area (Å²) in [6.45, 7) is -2.22. The van der Waals surface area contributed by atoms with Crippen LogP contribution in [0.5, 0.6) is 0 Å². The summed E-state index contributed by atoms with van der Waals surface area (Å²) in [4.78, 5) is 11.3. The van der Waals surface area contributed by atoms with Gasteiger partial charge in [0, 0.05) is 0 Å². The van der Waals surface area contributed by atoms with Gasteiger partial charge >= 0.3 is 6.18 Å². The second-order valence-corrected chi connectivity index (χ2v) is 3.77. The molecular weight excluding hydrogens is 273 g/mol. The van der Waals surface area contributed by atoms with Crippen LogP contribution in [-0.4, -0.2) is 25.3 Å². The van der Waals surface area contributed by atoms with Crippen LogP contribution in [0, 0.1) is 0 Å². The Labute approximate surface area is 106 Å². The molecule has 1 amide bonds. The van der Waals surface area contributed by atoms with Crippen molar-refractivity contribution in [2.45, 2.75) is 6.18 Å². The molecule has 1 rings (SSSR count). The minimum absolute atomic E-state index is 0.153. The van der Waals surface area contributed by atoms with E-state index in [4.69, 9.17) is 17.3 Å². The topological polar surface area (TPSA) is 64.3 Å². The zero-order chi connectivity index (χ0) is 13.8. The number of nitrogen functional groups attached to an aromatic ring is 1. The Balaban J connectivity index is 2.50. The number of alkyl halides is 3. The summed E-state index contributed by atoms with van der Waals surface area (Å²) < 4.78 is 39.5. The highest BCUT2D eigenvalue weighted by Crippen LogP contribution is 2.27.